The molecule has 0 saturated heterocycles. The molecule has 1 fully saturated rings. The Labute approximate surface area is 144 Å². The molecule has 3 aromatic heterocycles. The predicted molar refractivity (Wildman–Crippen MR) is 93.7 cm³/mol. The summed E-state index contributed by atoms with van der Waals surface area (Å²) in [5.74, 6) is 1.57. The monoisotopic (exact) mass is 339 g/mol. The third-order valence-electron chi connectivity index (χ3n) is 5.03. The Morgan fingerprint density at radius 3 is 2.72 bits per heavy atom. The van der Waals surface area contributed by atoms with Crippen molar-refractivity contribution < 1.29 is 0 Å². The fraction of sp³-hybridized carbons (Fsp3) is 0.471. The first kappa shape index (κ1) is 15.7. The van der Waals surface area contributed by atoms with Crippen molar-refractivity contribution in [2.45, 2.75) is 51.6 Å². The minimum Gasteiger partial charge on any atom is -0.367 e. The molecule has 0 aliphatic heterocycles. The van der Waals surface area contributed by atoms with Crippen molar-refractivity contribution in [3.05, 3.63) is 46.3 Å². The Bertz CT molecular complexity index is 953. The quantitative estimate of drug-likeness (QED) is 0.784. The van der Waals surface area contributed by atoms with Crippen LogP contribution in [0.25, 0.3) is 5.78 Å². The Balaban J connectivity index is 1.51. The van der Waals surface area contributed by atoms with E-state index in [-0.39, 0.29) is 11.6 Å². The first-order valence-corrected chi connectivity index (χ1v) is 8.61. The molecule has 0 unspecified atom stereocenters. The molecule has 0 amide bonds. The molecule has 3 aromatic rings. The molecule has 1 aliphatic rings. The van der Waals surface area contributed by atoms with Crippen LogP contribution in [-0.2, 0) is 0 Å². The number of aromatic nitrogens is 6. The topological polar surface area (TPSA) is 90.0 Å². The number of rotatable bonds is 3. The van der Waals surface area contributed by atoms with Crippen molar-refractivity contribution in [2.75, 3.05) is 5.32 Å². The van der Waals surface area contributed by atoms with Crippen LogP contribution in [0.5, 0.6) is 0 Å². The zero-order valence-corrected chi connectivity index (χ0v) is 14.4. The fourth-order valence-corrected chi connectivity index (χ4v) is 3.50. The van der Waals surface area contributed by atoms with Gasteiger partial charge < -0.3 is 5.32 Å². The highest BCUT2D eigenvalue weighted by Crippen LogP contribution is 2.29. The molecule has 1 saturated carbocycles. The third-order valence-corrected chi connectivity index (χ3v) is 5.03. The maximum atomic E-state index is 11.9. The van der Waals surface area contributed by atoms with Gasteiger partial charge in [-0.25, -0.2) is 9.67 Å². The molecule has 3 heterocycles. The largest absolute Gasteiger partial charge is 0.367 e. The second-order valence-corrected chi connectivity index (χ2v) is 6.60. The standard InChI is InChI=1S/C17H21N7O/c1-11-12(2)21-17-18-10-20-24(17)16(11)22-13-5-7-14(8-6-13)23-15(25)4-3-9-19-23/h3-4,9-10,13-14,22H,5-8H2,1-2H3. The highest BCUT2D eigenvalue weighted by molar-refractivity contribution is 5.52. The molecule has 1 N–H and O–H groups in total. The minimum absolute atomic E-state index is 0.0242. The van der Waals surface area contributed by atoms with Gasteiger partial charge in [-0.3, -0.25) is 4.79 Å². The summed E-state index contributed by atoms with van der Waals surface area (Å²) in [7, 11) is 0. The van der Waals surface area contributed by atoms with Gasteiger partial charge in [0.1, 0.15) is 12.1 Å². The van der Waals surface area contributed by atoms with Gasteiger partial charge in [-0.2, -0.15) is 19.7 Å². The number of nitrogens with zero attached hydrogens (tertiary/aromatic N) is 6. The zero-order valence-electron chi connectivity index (χ0n) is 14.4. The van der Waals surface area contributed by atoms with Crippen LogP contribution in [0.2, 0.25) is 0 Å². The van der Waals surface area contributed by atoms with E-state index in [9.17, 15) is 4.79 Å². The third kappa shape index (κ3) is 2.88. The van der Waals surface area contributed by atoms with Gasteiger partial charge in [0.15, 0.2) is 0 Å². The zero-order chi connectivity index (χ0) is 17.4. The average Bonchev–Trinajstić information content (AvgIpc) is 3.08. The van der Waals surface area contributed by atoms with Crippen molar-refractivity contribution in [1.82, 2.24) is 29.4 Å². The summed E-state index contributed by atoms with van der Waals surface area (Å²) in [6.45, 7) is 4.03. The van der Waals surface area contributed by atoms with E-state index in [1.165, 1.54) is 6.33 Å². The molecule has 0 spiro atoms. The summed E-state index contributed by atoms with van der Waals surface area (Å²) in [5, 5.41) is 12.1. The van der Waals surface area contributed by atoms with E-state index in [0.717, 1.165) is 42.8 Å². The van der Waals surface area contributed by atoms with Gasteiger partial charge in [0.25, 0.3) is 11.3 Å². The summed E-state index contributed by atoms with van der Waals surface area (Å²) >= 11 is 0. The van der Waals surface area contributed by atoms with E-state index in [1.54, 1.807) is 27.5 Å². The maximum Gasteiger partial charge on any atom is 0.266 e. The molecule has 1 aliphatic carbocycles. The van der Waals surface area contributed by atoms with E-state index < -0.39 is 0 Å². The SMILES string of the molecule is Cc1nc2ncnn2c(NC2CCC(n3ncccc3=O)CC2)c1C. The number of anilines is 1. The first-order chi connectivity index (χ1) is 12.1. The molecule has 8 nitrogen and oxygen atoms in total. The number of hydrogen-bond donors (Lipinski definition) is 1. The number of hydrogen-bond acceptors (Lipinski definition) is 6. The van der Waals surface area contributed by atoms with Crippen LogP contribution in [0.3, 0.4) is 0 Å². The summed E-state index contributed by atoms with van der Waals surface area (Å²) in [6, 6.07) is 3.77. The molecule has 0 bridgehead atoms. The van der Waals surface area contributed by atoms with Gasteiger partial charge >= 0.3 is 0 Å². The number of aryl methyl sites for hydroxylation is 1. The van der Waals surface area contributed by atoms with Crippen LogP contribution in [0.4, 0.5) is 5.82 Å². The highest BCUT2D eigenvalue weighted by atomic mass is 16.1. The summed E-state index contributed by atoms with van der Waals surface area (Å²) in [6.07, 6.45) is 7.01. The minimum atomic E-state index is -0.0242. The van der Waals surface area contributed by atoms with E-state index in [1.807, 2.05) is 13.8 Å². The van der Waals surface area contributed by atoms with E-state index in [2.05, 4.69) is 25.5 Å². The molecule has 4 rings (SSSR count). The van der Waals surface area contributed by atoms with Gasteiger partial charge in [-0.15, -0.1) is 0 Å². The Morgan fingerprint density at radius 2 is 1.96 bits per heavy atom. The van der Waals surface area contributed by atoms with Crippen molar-refractivity contribution in [1.29, 1.82) is 0 Å². The molecule has 0 radical (unpaired) electrons. The number of nitrogens with one attached hydrogen (secondary N) is 1. The second-order valence-electron chi connectivity index (χ2n) is 6.60. The summed E-state index contributed by atoms with van der Waals surface area (Å²) < 4.78 is 3.38. The lowest BCUT2D eigenvalue weighted by atomic mass is 9.91. The molecular weight excluding hydrogens is 318 g/mol. The Kier molecular flexibility index (Phi) is 3.95. The van der Waals surface area contributed by atoms with Gasteiger partial charge in [0, 0.05) is 29.6 Å². The van der Waals surface area contributed by atoms with Gasteiger partial charge in [-0.1, -0.05) is 0 Å². The van der Waals surface area contributed by atoms with Crippen LogP contribution in [0.15, 0.2) is 29.5 Å². The van der Waals surface area contributed by atoms with Crippen LogP contribution < -0.4 is 10.9 Å². The maximum absolute atomic E-state index is 11.9. The summed E-state index contributed by atoms with van der Waals surface area (Å²) in [5.41, 5.74) is 2.02. The fourth-order valence-electron chi connectivity index (χ4n) is 3.50. The van der Waals surface area contributed by atoms with Crippen LogP contribution >= 0.6 is 0 Å². The first-order valence-electron chi connectivity index (χ1n) is 8.61. The van der Waals surface area contributed by atoms with Gasteiger partial charge in [0.05, 0.1) is 6.04 Å². The van der Waals surface area contributed by atoms with Crippen molar-refractivity contribution in [3.8, 4) is 0 Å². The van der Waals surface area contributed by atoms with E-state index in [4.69, 9.17) is 0 Å². The lowest BCUT2D eigenvalue weighted by molar-refractivity contribution is 0.303. The second kappa shape index (κ2) is 6.27. The smallest absolute Gasteiger partial charge is 0.266 e. The Morgan fingerprint density at radius 1 is 1.16 bits per heavy atom. The average molecular weight is 339 g/mol. The van der Waals surface area contributed by atoms with Gasteiger partial charge in [-0.05, 0) is 45.6 Å². The van der Waals surface area contributed by atoms with Crippen molar-refractivity contribution in [2.24, 2.45) is 0 Å². The van der Waals surface area contributed by atoms with Crippen molar-refractivity contribution in [3.63, 3.8) is 0 Å². The lowest BCUT2D eigenvalue weighted by Gasteiger charge is -2.30. The van der Waals surface area contributed by atoms with Crippen LogP contribution in [-0.4, -0.2) is 35.4 Å². The van der Waals surface area contributed by atoms with Crippen molar-refractivity contribution >= 4 is 11.6 Å². The predicted octanol–water partition coefficient (Wildman–Crippen LogP) is 1.89. The Hall–Kier alpha value is -2.77. The molecule has 25 heavy (non-hydrogen) atoms. The lowest BCUT2D eigenvalue weighted by Crippen LogP contribution is -2.33. The van der Waals surface area contributed by atoms with Gasteiger partial charge in [0.2, 0.25) is 0 Å². The molecule has 130 valence electrons. The van der Waals surface area contributed by atoms with Crippen LogP contribution in [0.1, 0.15) is 43.0 Å². The molecule has 8 heteroatoms. The van der Waals surface area contributed by atoms with E-state index >= 15 is 0 Å². The van der Waals surface area contributed by atoms with E-state index in [0.29, 0.717) is 11.8 Å². The number of fused-ring (bicyclic) bond motifs is 1. The highest BCUT2D eigenvalue weighted by Gasteiger charge is 2.25. The molecule has 0 atom stereocenters. The molecular formula is C17H21N7O. The summed E-state index contributed by atoms with van der Waals surface area (Å²) in [4.78, 5) is 20.6. The normalized spacial score (nSPS) is 20.7. The van der Waals surface area contributed by atoms with Crippen LogP contribution in [0, 0.1) is 13.8 Å². The molecule has 0 aromatic carbocycles.